The average molecular weight is 293 g/mol. The molecule has 2 rings (SSSR count). The van der Waals surface area contributed by atoms with Crippen molar-refractivity contribution < 1.29 is 18.8 Å². The van der Waals surface area contributed by atoms with Gasteiger partial charge in [-0.1, -0.05) is 0 Å². The van der Waals surface area contributed by atoms with Crippen LogP contribution in [0, 0.1) is 0 Å². The Bertz CT molecular complexity index is 462. The summed E-state index contributed by atoms with van der Waals surface area (Å²) >= 11 is 0. The highest BCUT2D eigenvalue weighted by molar-refractivity contribution is 6.62. The van der Waals surface area contributed by atoms with Crippen molar-refractivity contribution >= 4 is 12.6 Å². The molecule has 0 bridgehead atoms. The summed E-state index contributed by atoms with van der Waals surface area (Å²) in [7, 11) is 1.27. The zero-order valence-electron chi connectivity index (χ0n) is 13.5. The fourth-order valence-corrected chi connectivity index (χ4v) is 2.02. The van der Waals surface area contributed by atoms with Gasteiger partial charge >= 0.3 is 7.12 Å². The molecule has 1 aromatic rings. The Balaban J connectivity index is 2.02. The zero-order chi connectivity index (χ0) is 15.5. The van der Waals surface area contributed by atoms with Crippen LogP contribution in [0.4, 0.5) is 0 Å². The molecule has 0 aromatic carbocycles. The van der Waals surface area contributed by atoms with Gasteiger partial charge in [-0.2, -0.15) is 0 Å². The van der Waals surface area contributed by atoms with E-state index in [2.05, 4.69) is 4.98 Å². The van der Waals surface area contributed by atoms with Crippen molar-refractivity contribution in [3.63, 3.8) is 0 Å². The lowest BCUT2D eigenvalue weighted by molar-refractivity contribution is 0.00578. The molecular formula is C15H24BNO4. The molecule has 0 amide bonds. The second-order valence-corrected chi connectivity index (χ2v) is 6.24. The van der Waals surface area contributed by atoms with E-state index in [-0.39, 0.29) is 11.2 Å². The summed E-state index contributed by atoms with van der Waals surface area (Å²) in [5.41, 5.74) is 0.165. The van der Waals surface area contributed by atoms with Crippen LogP contribution in [-0.4, -0.2) is 43.6 Å². The van der Waals surface area contributed by atoms with Crippen molar-refractivity contribution in [2.45, 2.75) is 45.3 Å². The van der Waals surface area contributed by atoms with Crippen molar-refractivity contribution in [2.24, 2.45) is 0 Å². The van der Waals surface area contributed by atoms with Gasteiger partial charge in [0.1, 0.15) is 5.75 Å². The average Bonchev–Trinajstić information content (AvgIpc) is 2.64. The highest BCUT2D eigenvalue weighted by Gasteiger charge is 2.51. The molecule has 1 saturated heterocycles. The van der Waals surface area contributed by atoms with E-state index < -0.39 is 7.12 Å². The van der Waals surface area contributed by atoms with Crippen LogP contribution in [0.3, 0.4) is 0 Å². The standard InChI is InChI=1S/C15H24BNO4/c1-14(2)15(3,4)21-16(20-14)12-9-13(11-17-10-12)19-8-6-7-18-5/h9-11H,6-8H2,1-5H3. The molecular weight excluding hydrogens is 269 g/mol. The number of aromatic nitrogens is 1. The molecule has 1 aliphatic heterocycles. The molecule has 6 heteroatoms. The third-order valence-corrected chi connectivity index (χ3v) is 4.02. The van der Waals surface area contributed by atoms with Crippen LogP contribution >= 0.6 is 0 Å². The normalized spacial score (nSPS) is 19.8. The maximum absolute atomic E-state index is 6.01. The zero-order valence-corrected chi connectivity index (χ0v) is 13.5. The van der Waals surface area contributed by atoms with Crippen molar-refractivity contribution in [2.75, 3.05) is 20.3 Å². The largest absolute Gasteiger partial charge is 0.496 e. The van der Waals surface area contributed by atoms with Crippen molar-refractivity contribution in [1.82, 2.24) is 4.98 Å². The van der Waals surface area contributed by atoms with E-state index in [1.807, 2.05) is 33.8 Å². The summed E-state index contributed by atoms with van der Waals surface area (Å²) < 4.78 is 22.7. The number of hydrogen-bond donors (Lipinski definition) is 0. The first kappa shape index (κ1) is 16.3. The molecule has 0 atom stereocenters. The Labute approximate surface area is 127 Å². The predicted molar refractivity (Wildman–Crippen MR) is 81.9 cm³/mol. The van der Waals surface area contributed by atoms with Gasteiger partial charge < -0.3 is 18.8 Å². The van der Waals surface area contributed by atoms with E-state index in [9.17, 15) is 0 Å². The summed E-state index contributed by atoms with van der Waals surface area (Å²) in [6.07, 6.45) is 4.29. The van der Waals surface area contributed by atoms with E-state index in [0.29, 0.717) is 13.2 Å². The topological polar surface area (TPSA) is 49.8 Å². The van der Waals surface area contributed by atoms with E-state index in [1.54, 1.807) is 19.5 Å². The maximum Gasteiger partial charge on any atom is 0.496 e. The van der Waals surface area contributed by atoms with Crippen LogP contribution in [0.2, 0.25) is 0 Å². The summed E-state index contributed by atoms with van der Waals surface area (Å²) in [6, 6.07) is 1.92. The number of hydrogen-bond acceptors (Lipinski definition) is 5. The van der Waals surface area contributed by atoms with Crippen LogP contribution in [0.25, 0.3) is 0 Å². The Hall–Kier alpha value is -1.11. The minimum atomic E-state index is -0.412. The van der Waals surface area contributed by atoms with E-state index in [4.69, 9.17) is 18.8 Å². The number of ether oxygens (including phenoxy) is 2. The van der Waals surface area contributed by atoms with Gasteiger partial charge in [-0.15, -0.1) is 0 Å². The van der Waals surface area contributed by atoms with Gasteiger partial charge in [0.25, 0.3) is 0 Å². The molecule has 1 aliphatic rings. The van der Waals surface area contributed by atoms with Crippen molar-refractivity contribution in [3.05, 3.63) is 18.5 Å². The highest BCUT2D eigenvalue weighted by atomic mass is 16.7. The minimum absolute atomic E-state index is 0.354. The predicted octanol–water partition coefficient (Wildman–Crippen LogP) is 1.80. The molecule has 1 fully saturated rings. The molecule has 2 heterocycles. The van der Waals surface area contributed by atoms with Crippen molar-refractivity contribution in [3.8, 4) is 5.75 Å². The first-order chi connectivity index (χ1) is 9.86. The quantitative estimate of drug-likeness (QED) is 0.591. The van der Waals surface area contributed by atoms with Gasteiger partial charge in [0.15, 0.2) is 0 Å². The minimum Gasteiger partial charge on any atom is -0.492 e. The summed E-state index contributed by atoms with van der Waals surface area (Å²) in [4.78, 5) is 4.21. The fraction of sp³-hybridized carbons (Fsp3) is 0.667. The number of rotatable bonds is 6. The fourth-order valence-electron chi connectivity index (χ4n) is 2.02. The molecule has 21 heavy (non-hydrogen) atoms. The lowest BCUT2D eigenvalue weighted by Gasteiger charge is -2.32. The van der Waals surface area contributed by atoms with Gasteiger partial charge in [0.2, 0.25) is 0 Å². The number of nitrogens with zero attached hydrogens (tertiary/aromatic N) is 1. The van der Waals surface area contributed by atoms with E-state index >= 15 is 0 Å². The Morgan fingerprint density at radius 2 is 1.76 bits per heavy atom. The second-order valence-electron chi connectivity index (χ2n) is 6.24. The first-order valence-corrected chi connectivity index (χ1v) is 7.28. The van der Waals surface area contributed by atoms with Crippen LogP contribution in [-0.2, 0) is 14.0 Å². The molecule has 0 spiro atoms. The number of pyridine rings is 1. The van der Waals surface area contributed by atoms with E-state index in [0.717, 1.165) is 17.6 Å². The lowest BCUT2D eigenvalue weighted by atomic mass is 9.80. The monoisotopic (exact) mass is 293 g/mol. The van der Waals surface area contributed by atoms with Gasteiger partial charge in [0, 0.05) is 31.8 Å². The second kappa shape index (κ2) is 6.34. The summed E-state index contributed by atoms with van der Waals surface area (Å²) in [5.74, 6) is 0.721. The molecule has 0 unspecified atom stereocenters. The van der Waals surface area contributed by atoms with Gasteiger partial charge in [-0.3, -0.25) is 4.98 Å². The molecule has 0 saturated carbocycles. The molecule has 0 aliphatic carbocycles. The molecule has 0 radical (unpaired) electrons. The van der Waals surface area contributed by atoms with Crippen LogP contribution in [0.15, 0.2) is 18.5 Å². The third-order valence-electron chi connectivity index (χ3n) is 4.02. The molecule has 0 N–H and O–H groups in total. The van der Waals surface area contributed by atoms with Crippen molar-refractivity contribution in [1.29, 1.82) is 0 Å². The Kier molecular flexibility index (Phi) is 4.91. The van der Waals surface area contributed by atoms with Crippen LogP contribution < -0.4 is 10.2 Å². The van der Waals surface area contributed by atoms with Gasteiger partial charge in [-0.25, -0.2) is 0 Å². The first-order valence-electron chi connectivity index (χ1n) is 7.28. The van der Waals surface area contributed by atoms with Gasteiger partial charge in [0.05, 0.1) is 24.0 Å². The molecule has 1 aromatic heterocycles. The molecule has 5 nitrogen and oxygen atoms in total. The summed E-state index contributed by atoms with van der Waals surface area (Å²) in [6.45, 7) is 9.42. The lowest BCUT2D eigenvalue weighted by Crippen LogP contribution is -2.41. The summed E-state index contributed by atoms with van der Waals surface area (Å²) in [5, 5.41) is 0. The smallest absolute Gasteiger partial charge is 0.492 e. The van der Waals surface area contributed by atoms with Gasteiger partial charge in [-0.05, 0) is 33.8 Å². The molecule has 116 valence electrons. The maximum atomic E-state index is 6.01. The van der Waals surface area contributed by atoms with Crippen LogP contribution in [0.1, 0.15) is 34.1 Å². The SMILES string of the molecule is COCCCOc1cncc(B2OC(C)(C)C(C)(C)O2)c1. The van der Waals surface area contributed by atoms with E-state index in [1.165, 1.54) is 0 Å². The Morgan fingerprint density at radius 3 is 2.38 bits per heavy atom. The Morgan fingerprint density at radius 1 is 1.10 bits per heavy atom. The van der Waals surface area contributed by atoms with Crippen LogP contribution in [0.5, 0.6) is 5.75 Å². The number of methoxy groups -OCH3 is 1. The highest BCUT2D eigenvalue weighted by Crippen LogP contribution is 2.36. The third kappa shape index (κ3) is 3.76.